The van der Waals surface area contributed by atoms with Gasteiger partial charge in [-0.25, -0.2) is 0 Å². The Hall–Kier alpha value is -1.58. The first-order valence-corrected chi connectivity index (χ1v) is 6.81. The van der Waals surface area contributed by atoms with E-state index in [1.54, 1.807) is 6.07 Å². The lowest BCUT2D eigenvalue weighted by Gasteiger charge is -2.36. The molecule has 102 valence electrons. The van der Waals surface area contributed by atoms with Gasteiger partial charge in [-0.3, -0.25) is 4.79 Å². The molecule has 4 heteroatoms. The molecule has 0 aliphatic heterocycles. The van der Waals surface area contributed by atoms with E-state index in [1.807, 2.05) is 6.92 Å². The van der Waals surface area contributed by atoms with Gasteiger partial charge in [-0.1, -0.05) is 31.2 Å². The van der Waals surface area contributed by atoms with Crippen molar-refractivity contribution >= 4 is 11.7 Å². The average Bonchev–Trinajstić information content (AvgIpc) is 2.98. The smallest absolute Gasteiger partial charge is 0.235 e. The van der Waals surface area contributed by atoms with E-state index in [9.17, 15) is 4.79 Å². The Bertz CT molecular complexity index is 558. The van der Waals surface area contributed by atoms with Crippen LogP contribution in [0.5, 0.6) is 0 Å². The van der Waals surface area contributed by atoms with Gasteiger partial charge in [0.1, 0.15) is 5.76 Å². The van der Waals surface area contributed by atoms with Gasteiger partial charge in [-0.15, -0.1) is 0 Å². The molecule has 0 radical (unpaired) electrons. The van der Waals surface area contributed by atoms with Crippen LogP contribution in [0.1, 0.15) is 38.9 Å². The molecule has 2 aliphatic rings. The molecule has 1 aromatic heterocycles. The molecule has 1 aromatic rings. The molecule has 1 heterocycles. The lowest BCUT2D eigenvalue weighted by molar-refractivity contribution is -0.123. The summed E-state index contributed by atoms with van der Waals surface area (Å²) < 4.78 is 4.99. The predicted octanol–water partition coefficient (Wildman–Crippen LogP) is 3.30. The Morgan fingerprint density at radius 3 is 2.84 bits per heavy atom. The molecule has 0 unspecified atom stereocenters. The highest BCUT2D eigenvalue weighted by Crippen LogP contribution is 2.65. The molecule has 0 aromatic carbocycles. The Morgan fingerprint density at radius 2 is 2.32 bits per heavy atom. The van der Waals surface area contributed by atoms with Crippen LogP contribution in [0.25, 0.3) is 0 Å². The van der Waals surface area contributed by atoms with E-state index in [0.29, 0.717) is 17.5 Å². The van der Waals surface area contributed by atoms with Crippen LogP contribution < -0.4 is 5.32 Å². The maximum absolute atomic E-state index is 12.6. The van der Waals surface area contributed by atoms with Crippen LogP contribution in [0.3, 0.4) is 0 Å². The Kier molecular flexibility index (Phi) is 2.43. The molecular weight excluding hydrogens is 240 g/mol. The van der Waals surface area contributed by atoms with Gasteiger partial charge < -0.3 is 9.84 Å². The molecule has 2 fully saturated rings. The second-order valence-corrected chi connectivity index (χ2v) is 6.50. The molecule has 0 saturated heterocycles. The van der Waals surface area contributed by atoms with Crippen molar-refractivity contribution in [2.75, 3.05) is 5.32 Å². The van der Waals surface area contributed by atoms with Crippen molar-refractivity contribution in [3.8, 4) is 0 Å². The van der Waals surface area contributed by atoms with E-state index >= 15 is 0 Å². The normalized spacial score (nSPS) is 31.7. The topological polar surface area (TPSA) is 55.1 Å². The van der Waals surface area contributed by atoms with Gasteiger partial charge in [-0.2, -0.15) is 0 Å². The number of hydrogen-bond acceptors (Lipinski definition) is 3. The zero-order valence-electron chi connectivity index (χ0n) is 11.7. The molecule has 2 atom stereocenters. The standard InChI is InChI=1S/C15H20N2O2/c1-9-7-12(17-19-9)16-13(18)15-6-5-11(8-15)14(3,4)10(15)2/h7,11H,2,5-6,8H2,1,3-4H3,(H,16,17,18)/t11-,15+/m1/s1. The molecule has 2 saturated carbocycles. The highest BCUT2D eigenvalue weighted by atomic mass is 16.5. The van der Waals surface area contributed by atoms with Crippen molar-refractivity contribution in [1.29, 1.82) is 0 Å². The number of carbonyl (C=O) groups is 1. The summed E-state index contributed by atoms with van der Waals surface area (Å²) in [4.78, 5) is 12.6. The summed E-state index contributed by atoms with van der Waals surface area (Å²) >= 11 is 0. The number of rotatable bonds is 2. The third-order valence-corrected chi connectivity index (χ3v) is 5.19. The Morgan fingerprint density at radius 1 is 1.58 bits per heavy atom. The minimum atomic E-state index is -0.402. The molecule has 19 heavy (non-hydrogen) atoms. The quantitative estimate of drug-likeness (QED) is 0.830. The second-order valence-electron chi connectivity index (χ2n) is 6.50. The lowest BCUT2D eigenvalue weighted by atomic mass is 9.68. The number of carbonyl (C=O) groups excluding carboxylic acids is 1. The third kappa shape index (κ3) is 1.58. The lowest BCUT2D eigenvalue weighted by Crippen LogP contribution is -2.37. The van der Waals surface area contributed by atoms with Crippen molar-refractivity contribution in [1.82, 2.24) is 5.16 Å². The molecule has 1 amide bonds. The molecule has 3 rings (SSSR count). The van der Waals surface area contributed by atoms with Crippen LogP contribution in [0.15, 0.2) is 22.7 Å². The van der Waals surface area contributed by atoms with Crippen LogP contribution in [-0.2, 0) is 4.79 Å². The van der Waals surface area contributed by atoms with E-state index in [2.05, 4.69) is 30.9 Å². The zero-order chi connectivity index (χ0) is 13.8. The SMILES string of the molecule is C=C1C(C)(C)[C@@H]2CC[C@]1(C(=O)Nc1cc(C)on1)C2. The summed E-state index contributed by atoms with van der Waals surface area (Å²) in [7, 11) is 0. The van der Waals surface area contributed by atoms with Crippen LogP contribution in [0.4, 0.5) is 5.82 Å². The molecule has 0 spiro atoms. The number of aryl methyl sites for hydroxylation is 1. The first-order valence-electron chi connectivity index (χ1n) is 6.81. The highest BCUT2D eigenvalue weighted by Gasteiger charge is 2.60. The fourth-order valence-electron chi connectivity index (χ4n) is 3.80. The third-order valence-electron chi connectivity index (χ3n) is 5.19. The Labute approximate surface area is 113 Å². The molecular formula is C15H20N2O2. The number of nitrogens with zero attached hydrogens (tertiary/aromatic N) is 1. The average molecular weight is 260 g/mol. The van der Waals surface area contributed by atoms with E-state index < -0.39 is 5.41 Å². The fourth-order valence-corrected chi connectivity index (χ4v) is 3.80. The number of hydrogen-bond donors (Lipinski definition) is 1. The van der Waals surface area contributed by atoms with E-state index in [-0.39, 0.29) is 11.3 Å². The van der Waals surface area contributed by atoms with Gasteiger partial charge >= 0.3 is 0 Å². The van der Waals surface area contributed by atoms with Crippen LogP contribution in [-0.4, -0.2) is 11.1 Å². The number of aromatic nitrogens is 1. The molecule has 2 bridgehead atoms. The van der Waals surface area contributed by atoms with E-state index in [4.69, 9.17) is 4.52 Å². The predicted molar refractivity (Wildman–Crippen MR) is 72.6 cm³/mol. The largest absolute Gasteiger partial charge is 0.360 e. The van der Waals surface area contributed by atoms with Crippen molar-refractivity contribution in [3.05, 3.63) is 24.0 Å². The fraction of sp³-hybridized carbons (Fsp3) is 0.600. The summed E-state index contributed by atoms with van der Waals surface area (Å²) in [5.41, 5.74) is 0.741. The minimum absolute atomic E-state index is 0.0267. The Balaban J connectivity index is 1.86. The number of anilines is 1. The highest BCUT2D eigenvalue weighted by molar-refractivity contribution is 5.97. The van der Waals surface area contributed by atoms with E-state index in [1.165, 1.54) is 0 Å². The summed E-state index contributed by atoms with van der Waals surface area (Å²) in [6.07, 6.45) is 2.93. The number of nitrogens with one attached hydrogen (secondary N) is 1. The monoisotopic (exact) mass is 260 g/mol. The summed E-state index contributed by atoms with van der Waals surface area (Å²) in [5, 5.41) is 6.72. The summed E-state index contributed by atoms with van der Waals surface area (Å²) in [6.45, 7) is 10.4. The van der Waals surface area contributed by atoms with Crippen molar-refractivity contribution < 1.29 is 9.32 Å². The van der Waals surface area contributed by atoms with Crippen molar-refractivity contribution in [2.24, 2.45) is 16.7 Å². The molecule has 1 N–H and O–H groups in total. The van der Waals surface area contributed by atoms with Gasteiger partial charge in [0.2, 0.25) is 5.91 Å². The number of amides is 1. The van der Waals surface area contributed by atoms with Crippen LogP contribution >= 0.6 is 0 Å². The summed E-state index contributed by atoms with van der Waals surface area (Å²) in [6, 6.07) is 1.74. The number of fused-ring (bicyclic) bond motifs is 2. The maximum Gasteiger partial charge on any atom is 0.235 e. The second kappa shape index (κ2) is 3.71. The van der Waals surface area contributed by atoms with Crippen molar-refractivity contribution in [2.45, 2.75) is 40.0 Å². The van der Waals surface area contributed by atoms with Gasteiger partial charge in [0.25, 0.3) is 0 Å². The maximum atomic E-state index is 12.6. The first-order chi connectivity index (χ1) is 8.86. The molecule has 2 aliphatic carbocycles. The van der Waals surface area contributed by atoms with Gasteiger partial charge in [0.05, 0.1) is 5.41 Å². The van der Waals surface area contributed by atoms with Crippen LogP contribution in [0, 0.1) is 23.7 Å². The van der Waals surface area contributed by atoms with Gasteiger partial charge in [0.15, 0.2) is 5.82 Å². The molecule has 4 nitrogen and oxygen atoms in total. The first kappa shape index (κ1) is 12.5. The summed E-state index contributed by atoms with van der Waals surface area (Å²) in [5.74, 6) is 1.80. The van der Waals surface area contributed by atoms with Crippen molar-refractivity contribution in [3.63, 3.8) is 0 Å². The van der Waals surface area contributed by atoms with Gasteiger partial charge in [0, 0.05) is 6.07 Å². The van der Waals surface area contributed by atoms with Gasteiger partial charge in [-0.05, 0) is 37.5 Å². The van der Waals surface area contributed by atoms with E-state index in [0.717, 1.165) is 24.8 Å². The zero-order valence-corrected chi connectivity index (χ0v) is 11.7. The minimum Gasteiger partial charge on any atom is -0.360 e. The van der Waals surface area contributed by atoms with Crippen LogP contribution in [0.2, 0.25) is 0 Å².